The Labute approximate surface area is 121 Å². The minimum absolute atomic E-state index is 0.455. The number of hydrogen-bond donors (Lipinski definition) is 1. The van der Waals surface area contributed by atoms with Crippen molar-refractivity contribution in [1.29, 1.82) is 0 Å². The fourth-order valence-corrected chi connectivity index (χ4v) is 3.28. The number of rotatable bonds is 4. The third-order valence-corrected chi connectivity index (χ3v) is 4.49. The van der Waals surface area contributed by atoms with E-state index in [-0.39, 0.29) is 0 Å². The molecule has 1 atom stereocenters. The van der Waals surface area contributed by atoms with Gasteiger partial charge in [-0.1, -0.05) is 0 Å². The van der Waals surface area contributed by atoms with Crippen LogP contribution in [0.3, 0.4) is 0 Å². The van der Waals surface area contributed by atoms with Gasteiger partial charge in [-0.2, -0.15) is 5.10 Å². The van der Waals surface area contributed by atoms with Crippen molar-refractivity contribution in [3.63, 3.8) is 0 Å². The summed E-state index contributed by atoms with van der Waals surface area (Å²) >= 11 is 0. The van der Waals surface area contributed by atoms with E-state index in [9.17, 15) is 0 Å². The van der Waals surface area contributed by atoms with Crippen LogP contribution in [0.5, 0.6) is 0 Å². The average Bonchev–Trinajstić information content (AvgIpc) is 3.10. The number of hydrogen-bond acceptors (Lipinski definition) is 4. The van der Waals surface area contributed by atoms with Gasteiger partial charge in [-0.3, -0.25) is 14.5 Å². The van der Waals surface area contributed by atoms with Gasteiger partial charge in [0.2, 0.25) is 0 Å². The Morgan fingerprint density at radius 1 is 1.30 bits per heavy atom. The fraction of sp³-hybridized carbons (Fsp3) is 0.800. The molecule has 1 aromatic heterocycles. The Bertz CT molecular complexity index is 422. The SMILES string of the molecule is CC(C)n1ccc(CN2CCC(N3CCNCC3)C2)n1. The molecule has 1 aromatic rings. The van der Waals surface area contributed by atoms with Crippen LogP contribution in [-0.2, 0) is 6.54 Å². The Kier molecular flexibility index (Phi) is 4.38. The summed E-state index contributed by atoms with van der Waals surface area (Å²) < 4.78 is 2.05. The molecule has 2 saturated heterocycles. The minimum Gasteiger partial charge on any atom is -0.314 e. The van der Waals surface area contributed by atoms with Gasteiger partial charge < -0.3 is 5.32 Å². The van der Waals surface area contributed by atoms with Crippen LogP contribution in [0.25, 0.3) is 0 Å². The first-order valence-corrected chi connectivity index (χ1v) is 7.93. The maximum Gasteiger partial charge on any atom is 0.0764 e. The van der Waals surface area contributed by atoms with Crippen molar-refractivity contribution >= 4 is 0 Å². The number of aromatic nitrogens is 2. The molecule has 5 nitrogen and oxygen atoms in total. The van der Waals surface area contributed by atoms with Crippen molar-refractivity contribution < 1.29 is 0 Å². The fourth-order valence-electron chi connectivity index (χ4n) is 3.28. The molecule has 1 N–H and O–H groups in total. The Balaban J connectivity index is 1.51. The van der Waals surface area contributed by atoms with Gasteiger partial charge in [-0.05, 0) is 26.3 Å². The van der Waals surface area contributed by atoms with Crippen LogP contribution in [-0.4, -0.2) is 64.9 Å². The molecule has 2 fully saturated rings. The molecule has 0 amide bonds. The first-order valence-electron chi connectivity index (χ1n) is 7.93. The molecule has 20 heavy (non-hydrogen) atoms. The number of piperazine rings is 1. The van der Waals surface area contributed by atoms with Gasteiger partial charge >= 0.3 is 0 Å². The molecular formula is C15H27N5. The highest BCUT2D eigenvalue weighted by Gasteiger charge is 2.28. The summed E-state index contributed by atoms with van der Waals surface area (Å²) in [6.45, 7) is 12.5. The standard InChI is InChI=1S/C15H27N5/c1-13(2)20-8-3-14(17-20)11-18-7-4-15(12-18)19-9-5-16-6-10-19/h3,8,13,15-16H,4-7,9-12H2,1-2H3. The van der Waals surface area contributed by atoms with Crippen LogP contribution in [0.15, 0.2) is 12.3 Å². The lowest BCUT2D eigenvalue weighted by atomic mass is 10.2. The zero-order chi connectivity index (χ0) is 13.9. The summed E-state index contributed by atoms with van der Waals surface area (Å²) in [5.74, 6) is 0. The van der Waals surface area contributed by atoms with Gasteiger partial charge in [0.25, 0.3) is 0 Å². The molecule has 3 rings (SSSR count). The minimum atomic E-state index is 0.455. The van der Waals surface area contributed by atoms with Crippen molar-refractivity contribution in [2.45, 2.75) is 38.9 Å². The summed E-state index contributed by atoms with van der Waals surface area (Å²) in [7, 11) is 0. The molecule has 0 aromatic carbocycles. The van der Waals surface area contributed by atoms with E-state index < -0.39 is 0 Å². The van der Waals surface area contributed by atoms with E-state index in [1.165, 1.54) is 38.3 Å². The molecule has 3 heterocycles. The summed E-state index contributed by atoms with van der Waals surface area (Å²) in [5, 5.41) is 8.10. The van der Waals surface area contributed by atoms with Crippen LogP contribution >= 0.6 is 0 Å². The molecule has 0 spiro atoms. The molecule has 112 valence electrons. The summed E-state index contributed by atoms with van der Waals surface area (Å²) in [4.78, 5) is 5.21. The zero-order valence-corrected chi connectivity index (χ0v) is 12.8. The lowest BCUT2D eigenvalue weighted by molar-refractivity contribution is 0.170. The lowest BCUT2D eigenvalue weighted by Crippen LogP contribution is -2.49. The predicted octanol–water partition coefficient (Wildman–Crippen LogP) is 0.944. The zero-order valence-electron chi connectivity index (χ0n) is 12.8. The largest absolute Gasteiger partial charge is 0.314 e. The first kappa shape index (κ1) is 14.0. The molecule has 1 unspecified atom stereocenters. The van der Waals surface area contributed by atoms with Crippen LogP contribution < -0.4 is 5.32 Å². The van der Waals surface area contributed by atoms with Gasteiger partial charge in [-0.15, -0.1) is 0 Å². The summed E-state index contributed by atoms with van der Waals surface area (Å²) in [5.41, 5.74) is 1.21. The Hall–Kier alpha value is -0.910. The molecule has 0 saturated carbocycles. The molecular weight excluding hydrogens is 250 g/mol. The van der Waals surface area contributed by atoms with E-state index in [0.717, 1.165) is 25.7 Å². The van der Waals surface area contributed by atoms with Crippen LogP contribution in [0.4, 0.5) is 0 Å². The molecule has 0 aliphatic carbocycles. The van der Waals surface area contributed by atoms with Crippen molar-refractivity contribution in [1.82, 2.24) is 24.9 Å². The third kappa shape index (κ3) is 3.22. The van der Waals surface area contributed by atoms with Crippen molar-refractivity contribution in [3.8, 4) is 0 Å². The smallest absolute Gasteiger partial charge is 0.0764 e. The van der Waals surface area contributed by atoms with Gasteiger partial charge in [0.1, 0.15) is 0 Å². The highest BCUT2D eigenvalue weighted by molar-refractivity contribution is 5.00. The third-order valence-electron chi connectivity index (χ3n) is 4.49. The maximum absolute atomic E-state index is 4.66. The van der Waals surface area contributed by atoms with E-state index in [1.54, 1.807) is 0 Å². The van der Waals surface area contributed by atoms with Crippen LogP contribution in [0, 0.1) is 0 Å². The van der Waals surface area contributed by atoms with Crippen molar-refractivity contribution in [2.75, 3.05) is 39.3 Å². The molecule has 2 aliphatic heterocycles. The van der Waals surface area contributed by atoms with Gasteiger partial charge in [0.15, 0.2) is 0 Å². The number of likely N-dealkylation sites (tertiary alicyclic amines) is 1. The Morgan fingerprint density at radius 3 is 2.80 bits per heavy atom. The monoisotopic (exact) mass is 277 g/mol. The van der Waals surface area contributed by atoms with Crippen molar-refractivity contribution in [3.05, 3.63) is 18.0 Å². The quantitative estimate of drug-likeness (QED) is 0.889. The lowest BCUT2D eigenvalue weighted by Gasteiger charge is -2.32. The molecule has 5 heteroatoms. The highest BCUT2D eigenvalue weighted by Crippen LogP contribution is 2.18. The predicted molar refractivity (Wildman–Crippen MR) is 80.7 cm³/mol. The first-order chi connectivity index (χ1) is 9.72. The van der Waals surface area contributed by atoms with Gasteiger partial charge in [-0.25, -0.2) is 0 Å². The van der Waals surface area contributed by atoms with E-state index in [4.69, 9.17) is 0 Å². The molecule has 2 aliphatic rings. The second-order valence-corrected chi connectivity index (χ2v) is 6.34. The maximum atomic E-state index is 4.66. The normalized spacial score (nSPS) is 25.6. The van der Waals surface area contributed by atoms with E-state index in [2.05, 4.69) is 51.0 Å². The number of nitrogens with zero attached hydrogens (tertiary/aromatic N) is 4. The van der Waals surface area contributed by atoms with E-state index in [0.29, 0.717) is 6.04 Å². The summed E-state index contributed by atoms with van der Waals surface area (Å²) in [6, 6.07) is 3.37. The van der Waals surface area contributed by atoms with Gasteiger partial charge in [0, 0.05) is 64.1 Å². The summed E-state index contributed by atoms with van der Waals surface area (Å²) in [6.07, 6.45) is 3.41. The number of nitrogens with one attached hydrogen (secondary N) is 1. The highest BCUT2D eigenvalue weighted by atomic mass is 15.3. The molecule has 0 bridgehead atoms. The Morgan fingerprint density at radius 2 is 2.10 bits per heavy atom. The van der Waals surface area contributed by atoms with Crippen LogP contribution in [0.1, 0.15) is 32.0 Å². The van der Waals surface area contributed by atoms with Crippen molar-refractivity contribution in [2.24, 2.45) is 0 Å². The average molecular weight is 277 g/mol. The van der Waals surface area contributed by atoms with E-state index in [1.807, 2.05) is 0 Å². The molecule has 0 radical (unpaired) electrons. The second kappa shape index (κ2) is 6.24. The van der Waals surface area contributed by atoms with Crippen LogP contribution in [0.2, 0.25) is 0 Å². The van der Waals surface area contributed by atoms with E-state index >= 15 is 0 Å². The van der Waals surface area contributed by atoms with Gasteiger partial charge in [0.05, 0.1) is 5.69 Å². The topological polar surface area (TPSA) is 36.3 Å². The second-order valence-electron chi connectivity index (χ2n) is 6.34.